The lowest BCUT2D eigenvalue weighted by molar-refractivity contribution is -0.147. The lowest BCUT2D eigenvalue weighted by Gasteiger charge is -2.08. The number of hydrogen-bond donors (Lipinski definition) is 2. The first-order chi connectivity index (χ1) is 5.49. The van der Waals surface area contributed by atoms with Crippen LogP contribution in [0.15, 0.2) is 0 Å². The van der Waals surface area contributed by atoms with Gasteiger partial charge in [-0.05, 0) is 0 Å². The second-order valence-electron chi connectivity index (χ2n) is 2.17. The molecule has 0 spiro atoms. The maximum absolute atomic E-state index is 12.6. The number of hydrogen-bond acceptors (Lipinski definition) is 4. The summed E-state index contributed by atoms with van der Waals surface area (Å²) >= 11 is 0. The first-order valence-electron chi connectivity index (χ1n) is 3.19. The Morgan fingerprint density at radius 1 is 1.62 bits per heavy atom. The number of halogens is 2. The van der Waals surface area contributed by atoms with Gasteiger partial charge in [-0.25, -0.2) is 9.18 Å². The molecule has 0 aliphatic rings. The van der Waals surface area contributed by atoms with Crippen molar-refractivity contribution in [1.82, 2.24) is 0 Å². The highest BCUT2D eigenvalue weighted by Crippen LogP contribution is 2.02. The largest absolute Gasteiger partial charge is 0.480 e. The summed E-state index contributed by atoms with van der Waals surface area (Å²) in [4.78, 5) is 20.5. The Morgan fingerprint density at radius 3 is 2.38 bits per heavy atom. The standard InChI is InChI=1S/C6H10FNO4.ClH/c1-12-6(11)3(7)2-4(8)5(9)10;/h3-4H,2,8H2,1H3,(H,9,10);1H/t3-,4+;/m1./s1. The minimum atomic E-state index is -1.97. The van der Waals surface area contributed by atoms with Gasteiger partial charge in [-0.2, -0.15) is 0 Å². The van der Waals surface area contributed by atoms with Crippen LogP contribution in [0.3, 0.4) is 0 Å². The van der Waals surface area contributed by atoms with Crippen molar-refractivity contribution < 1.29 is 23.8 Å². The minimum Gasteiger partial charge on any atom is -0.480 e. The number of carbonyl (C=O) groups excluding carboxylic acids is 1. The number of carboxylic acid groups (broad SMARTS) is 1. The van der Waals surface area contributed by atoms with Gasteiger partial charge in [-0.1, -0.05) is 0 Å². The summed E-state index contributed by atoms with van der Waals surface area (Å²) in [7, 11) is 1.02. The number of methoxy groups -OCH3 is 1. The molecule has 0 aliphatic heterocycles. The lowest BCUT2D eigenvalue weighted by atomic mass is 10.1. The Balaban J connectivity index is 0. The quantitative estimate of drug-likeness (QED) is 0.630. The molecular weight excluding hydrogens is 205 g/mol. The van der Waals surface area contributed by atoms with Crippen LogP contribution < -0.4 is 5.73 Å². The molecule has 2 atom stereocenters. The van der Waals surface area contributed by atoms with Gasteiger partial charge in [-0.3, -0.25) is 4.79 Å². The van der Waals surface area contributed by atoms with Gasteiger partial charge in [0.25, 0.3) is 0 Å². The first-order valence-corrected chi connectivity index (χ1v) is 3.19. The number of alkyl halides is 1. The van der Waals surface area contributed by atoms with E-state index in [1.807, 2.05) is 0 Å². The third kappa shape index (κ3) is 5.37. The second-order valence-corrected chi connectivity index (χ2v) is 2.17. The van der Waals surface area contributed by atoms with Crippen LogP contribution in [0.25, 0.3) is 0 Å². The molecule has 0 saturated heterocycles. The van der Waals surface area contributed by atoms with Gasteiger partial charge >= 0.3 is 11.9 Å². The third-order valence-corrected chi connectivity index (χ3v) is 1.24. The van der Waals surface area contributed by atoms with Crippen molar-refractivity contribution >= 4 is 24.3 Å². The number of nitrogens with two attached hydrogens (primary N) is 1. The molecule has 5 nitrogen and oxygen atoms in total. The van der Waals surface area contributed by atoms with E-state index in [1.165, 1.54) is 0 Å². The molecule has 7 heteroatoms. The average molecular weight is 216 g/mol. The van der Waals surface area contributed by atoms with Crippen molar-refractivity contribution in [2.24, 2.45) is 5.73 Å². The Hall–Kier alpha value is -0.880. The number of esters is 1. The van der Waals surface area contributed by atoms with E-state index < -0.39 is 30.6 Å². The summed E-state index contributed by atoms with van der Waals surface area (Å²) in [5, 5.41) is 8.24. The van der Waals surface area contributed by atoms with E-state index >= 15 is 0 Å². The molecule has 3 N–H and O–H groups in total. The number of carbonyl (C=O) groups is 2. The number of ether oxygens (including phenoxy) is 1. The Kier molecular flexibility index (Phi) is 7.45. The fourth-order valence-corrected chi connectivity index (χ4v) is 0.548. The van der Waals surface area contributed by atoms with Gasteiger partial charge in [0, 0.05) is 6.42 Å². The van der Waals surface area contributed by atoms with Crippen molar-refractivity contribution in [3.05, 3.63) is 0 Å². The molecule has 0 amide bonds. The smallest absolute Gasteiger partial charge is 0.340 e. The van der Waals surface area contributed by atoms with Crippen LogP contribution in [0.2, 0.25) is 0 Å². The van der Waals surface area contributed by atoms with Crippen LogP contribution in [-0.2, 0) is 14.3 Å². The average Bonchev–Trinajstić information content (AvgIpc) is 2.02. The molecule has 0 unspecified atom stereocenters. The van der Waals surface area contributed by atoms with Crippen molar-refractivity contribution in [3.8, 4) is 0 Å². The van der Waals surface area contributed by atoms with Crippen LogP contribution in [0, 0.1) is 0 Å². The summed E-state index contributed by atoms with van der Waals surface area (Å²) in [5.41, 5.74) is 4.96. The third-order valence-electron chi connectivity index (χ3n) is 1.24. The molecule has 0 aromatic carbocycles. The number of carboxylic acids is 1. The zero-order valence-corrected chi connectivity index (χ0v) is 7.71. The summed E-state index contributed by atoms with van der Waals surface area (Å²) in [6, 6.07) is -1.38. The van der Waals surface area contributed by atoms with E-state index in [0.29, 0.717) is 0 Å². The fraction of sp³-hybridized carbons (Fsp3) is 0.667. The van der Waals surface area contributed by atoms with Gasteiger partial charge in [0.2, 0.25) is 0 Å². The minimum absolute atomic E-state index is 0. The van der Waals surface area contributed by atoms with Crippen molar-refractivity contribution in [2.45, 2.75) is 18.6 Å². The molecule has 0 rings (SSSR count). The van der Waals surface area contributed by atoms with Gasteiger partial charge < -0.3 is 15.6 Å². The van der Waals surface area contributed by atoms with Crippen molar-refractivity contribution in [1.29, 1.82) is 0 Å². The highest BCUT2D eigenvalue weighted by molar-refractivity contribution is 5.85. The number of aliphatic carboxylic acids is 1. The van der Waals surface area contributed by atoms with E-state index in [2.05, 4.69) is 4.74 Å². The summed E-state index contributed by atoms with van der Waals surface area (Å²) in [5.74, 6) is -2.45. The molecule has 0 bridgehead atoms. The highest BCUT2D eigenvalue weighted by Gasteiger charge is 2.24. The molecule has 0 fully saturated rings. The molecule has 13 heavy (non-hydrogen) atoms. The van der Waals surface area contributed by atoms with E-state index in [4.69, 9.17) is 10.8 Å². The maximum Gasteiger partial charge on any atom is 0.340 e. The van der Waals surface area contributed by atoms with Gasteiger partial charge in [0.1, 0.15) is 6.04 Å². The van der Waals surface area contributed by atoms with E-state index in [1.54, 1.807) is 0 Å². The Bertz CT molecular complexity index is 189. The van der Waals surface area contributed by atoms with E-state index in [0.717, 1.165) is 7.11 Å². The highest BCUT2D eigenvalue weighted by atomic mass is 35.5. The summed E-state index contributed by atoms with van der Waals surface area (Å²) in [6.07, 6.45) is -2.54. The van der Waals surface area contributed by atoms with Crippen LogP contribution in [-0.4, -0.2) is 36.4 Å². The summed E-state index contributed by atoms with van der Waals surface area (Å²) in [6.45, 7) is 0. The number of rotatable bonds is 4. The normalized spacial score (nSPS) is 13.8. The first kappa shape index (κ1) is 14.6. The van der Waals surface area contributed by atoms with Crippen LogP contribution in [0.4, 0.5) is 4.39 Å². The molecule has 0 saturated carbocycles. The molecule has 0 aliphatic carbocycles. The SMILES string of the molecule is COC(=O)[C@H](F)C[C@H](N)C(=O)O.Cl. The fourth-order valence-electron chi connectivity index (χ4n) is 0.548. The van der Waals surface area contributed by atoms with Gasteiger partial charge in [-0.15, -0.1) is 12.4 Å². The molecular formula is C6H11ClFNO4. The van der Waals surface area contributed by atoms with Crippen molar-refractivity contribution in [3.63, 3.8) is 0 Å². The van der Waals surface area contributed by atoms with Crippen molar-refractivity contribution in [2.75, 3.05) is 7.11 Å². The predicted molar refractivity (Wildman–Crippen MR) is 44.4 cm³/mol. The summed E-state index contributed by atoms with van der Waals surface area (Å²) < 4.78 is 16.6. The van der Waals surface area contributed by atoms with Gasteiger partial charge in [0.05, 0.1) is 7.11 Å². The molecule has 0 aromatic rings. The van der Waals surface area contributed by atoms with Crippen LogP contribution >= 0.6 is 12.4 Å². The molecule has 78 valence electrons. The Labute approximate surface area is 80.5 Å². The van der Waals surface area contributed by atoms with Gasteiger partial charge in [0.15, 0.2) is 6.17 Å². The zero-order valence-electron chi connectivity index (χ0n) is 6.90. The maximum atomic E-state index is 12.6. The van der Waals surface area contributed by atoms with Crippen LogP contribution in [0.5, 0.6) is 0 Å². The molecule has 0 radical (unpaired) electrons. The van der Waals surface area contributed by atoms with Crippen LogP contribution in [0.1, 0.15) is 6.42 Å². The topological polar surface area (TPSA) is 89.6 Å². The predicted octanol–water partition coefficient (Wildman–Crippen LogP) is -0.279. The molecule has 0 aromatic heterocycles. The zero-order chi connectivity index (χ0) is 9.72. The van der Waals surface area contributed by atoms with E-state index in [-0.39, 0.29) is 12.4 Å². The Morgan fingerprint density at radius 2 is 2.08 bits per heavy atom. The lowest BCUT2D eigenvalue weighted by Crippen LogP contribution is -2.35. The van der Waals surface area contributed by atoms with E-state index in [9.17, 15) is 14.0 Å². The molecule has 0 heterocycles. The monoisotopic (exact) mass is 215 g/mol. The second kappa shape index (κ2) is 6.62.